The molecule has 0 saturated heterocycles. The van der Waals surface area contributed by atoms with Crippen LogP contribution < -0.4 is 14.8 Å². The maximum absolute atomic E-state index is 13.1. The maximum atomic E-state index is 13.1. The Morgan fingerprint density at radius 2 is 1.83 bits per heavy atom. The smallest absolute Gasteiger partial charge is 0.241 e. The number of carbonyl (C=O) groups is 1. The highest BCUT2D eigenvalue weighted by molar-refractivity contribution is 7.89. The predicted molar refractivity (Wildman–Crippen MR) is 117 cm³/mol. The Bertz CT molecular complexity index is 954. The molecule has 1 saturated carbocycles. The van der Waals surface area contributed by atoms with Crippen LogP contribution in [0.15, 0.2) is 53.4 Å². The van der Waals surface area contributed by atoms with E-state index in [0.29, 0.717) is 12.4 Å². The Hall–Kier alpha value is -2.38. The minimum absolute atomic E-state index is 0.119. The van der Waals surface area contributed by atoms with Crippen molar-refractivity contribution >= 4 is 15.9 Å². The Morgan fingerprint density at radius 3 is 2.47 bits per heavy atom. The molecule has 0 spiro atoms. The van der Waals surface area contributed by atoms with Crippen LogP contribution in [0.3, 0.4) is 0 Å². The number of amides is 1. The Morgan fingerprint density at radius 1 is 1.13 bits per heavy atom. The second-order valence-corrected chi connectivity index (χ2v) is 9.43. The highest BCUT2D eigenvalue weighted by atomic mass is 32.2. The van der Waals surface area contributed by atoms with E-state index in [2.05, 4.69) is 10.0 Å². The standard InChI is InChI=1S/C23H30N2O4S/c1-3-29-22-14-13-20(15-17(22)2)30(27,28)25-21(16-18-9-5-4-6-10-18)23(26)24-19-11-7-8-12-19/h4-6,9-10,13-15,19,21,25H,3,7-8,11-12,16H2,1-2H3,(H,24,26). The molecule has 1 aliphatic carbocycles. The van der Waals surface area contributed by atoms with Crippen LogP contribution in [0, 0.1) is 6.92 Å². The molecular formula is C23H30N2O4S. The number of ether oxygens (including phenoxy) is 1. The van der Waals surface area contributed by atoms with Gasteiger partial charge < -0.3 is 10.1 Å². The molecule has 2 aromatic rings. The highest BCUT2D eigenvalue weighted by Crippen LogP contribution is 2.22. The molecule has 0 aromatic heterocycles. The molecule has 1 unspecified atom stereocenters. The summed E-state index contributed by atoms with van der Waals surface area (Å²) >= 11 is 0. The van der Waals surface area contributed by atoms with Crippen molar-refractivity contribution in [2.24, 2.45) is 0 Å². The Balaban J connectivity index is 1.81. The molecule has 7 heteroatoms. The van der Waals surface area contributed by atoms with Gasteiger partial charge in [0.2, 0.25) is 15.9 Å². The van der Waals surface area contributed by atoms with Crippen LogP contribution in [0.4, 0.5) is 0 Å². The number of sulfonamides is 1. The summed E-state index contributed by atoms with van der Waals surface area (Å²) < 4.78 is 34.3. The zero-order chi connectivity index (χ0) is 21.6. The summed E-state index contributed by atoms with van der Waals surface area (Å²) in [6, 6.07) is 13.4. The van der Waals surface area contributed by atoms with Gasteiger partial charge in [0.15, 0.2) is 0 Å². The van der Waals surface area contributed by atoms with Crippen LogP contribution in [0.5, 0.6) is 5.75 Å². The lowest BCUT2D eigenvalue weighted by Gasteiger charge is -2.21. The molecule has 1 aliphatic rings. The van der Waals surface area contributed by atoms with Crippen LogP contribution in [0.1, 0.15) is 43.7 Å². The molecule has 1 atom stereocenters. The van der Waals surface area contributed by atoms with Gasteiger partial charge in [0.1, 0.15) is 11.8 Å². The van der Waals surface area contributed by atoms with Crippen LogP contribution in [-0.2, 0) is 21.2 Å². The van der Waals surface area contributed by atoms with Crippen molar-refractivity contribution < 1.29 is 17.9 Å². The van der Waals surface area contributed by atoms with Gasteiger partial charge in [0.05, 0.1) is 11.5 Å². The van der Waals surface area contributed by atoms with E-state index in [0.717, 1.165) is 36.8 Å². The van der Waals surface area contributed by atoms with Crippen LogP contribution >= 0.6 is 0 Å². The second kappa shape index (κ2) is 10.1. The maximum Gasteiger partial charge on any atom is 0.241 e. The Labute approximate surface area is 179 Å². The number of carbonyl (C=O) groups excluding carboxylic acids is 1. The minimum Gasteiger partial charge on any atom is -0.494 e. The fourth-order valence-electron chi connectivity index (χ4n) is 3.77. The van der Waals surface area contributed by atoms with Gasteiger partial charge in [0, 0.05) is 6.04 Å². The monoisotopic (exact) mass is 430 g/mol. The van der Waals surface area contributed by atoms with Crippen LogP contribution in [-0.4, -0.2) is 33.0 Å². The van der Waals surface area contributed by atoms with E-state index in [1.54, 1.807) is 19.1 Å². The summed E-state index contributed by atoms with van der Waals surface area (Å²) in [7, 11) is -3.88. The third-order valence-electron chi connectivity index (χ3n) is 5.35. The summed E-state index contributed by atoms with van der Waals surface area (Å²) in [5.74, 6) is 0.369. The number of hydrogen-bond acceptors (Lipinski definition) is 4. The van der Waals surface area contributed by atoms with E-state index in [9.17, 15) is 13.2 Å². The van der Waals surface area contributed by atoms with Crippen molar-refractivity contribution in [2.75, 3.05) is 6.61 Å². The summed E-state index contributed by atoms with van der Waals surface area (Å²) in [5, 5.41) is 3.02. The first-order chi connectivity index (χ1) is 14.4. The molecule has 162 valence electrons. The SMILES string of the molecule is CCOc1ccc(S(=O)(=O)NC(Cc2ccccc2)C(=O)NC2CCCC2)cc1C. The lowest BCUT2D eigenvalue weighted by molar-refractivity contribution is -0.123. The van der Waals surface area contributed by atoms with E-state index in [1.165, 1.54) is 6.07 Å². The number of benzene rings is 2. The highest BCUT2D eigenvalue weighted by Gasteiger charge is 2.28. The molecule has 0 aliphatic heterocycles. The van der Waals surface area contributed by atoms with Gasteiger partial charge in [-0.3, -0.25) is 4.79 Å². The molecule has 2 N–H and O–H groups in total. The summed E-state index contributed by atoms with van der Waals surface area (Å²) in [4.78, 5) is 13.1. The molecular weight excluding hydrogens is 400 g/mol. The van der Waals surface area contributed by atoms with Crippen LogP contribution in [0.25, 0.3) is 0 Å². The fourth-order valence-corrected chi connectivity index (χ4v) is 5.05. The van der Waals surface area contributed by atoms with E-state index >= 15 is 0 Å². The first-order valence-corrected chi connectivity index (χ1v) is 12.0. The third-order valence-corrected chi connectivity index (χ3v) is 6.82. The second-order valence-electron chi connectivity index (χ2n) is 7.71. The number of aryl methyl sites for hydroxylation is 1. The molecule has 0 bridgehead atoms. The molecule has 6 nitrogen and oxygen atoms in total. The summed E-state index contributed by atoms with van der Waals surface area (Å²) in [6.45, 7) is 4.19. The zero-order valence-corrected chi connectivity index (χ0v) is 18.4. The molecule has 1 fully saturated rings. The molecule has 30 heavy (non-hydrogen) atoms. The van der Waals surface area contributed by atoms with Gasteiger partial charge in [-0.05, 0) is 62.4 Å². The van der Waals surface area contributed by atoms with E-state index in [1.807, 2.05) is 37.3 Å². The van der Waals surface area contributed by atoms with Crippen molar-refractivity contribution in [1.29, 1.82) is 0 Å². The van der Waals surface area contributed by atoms with E-state index in [4.69, 9.17) is 4.74 Å². The minimum atomic E-state index is -3.88. The van der Waals surface area contributed by atoms with E-state index in [-0.39, 0.29) is 23.3 Å². The van der Waals surface area contributed by atoms with Crippen molar-refractivity contribution in [3.63, 3.8) is 0 Å². The average Bonchev–Trinajstić information content (AvgIpc) is 3.23. The Kier molecular flexibility index (Phi) is 7.50. The first kappa shape index (κ1) is 22.3. The quantitative estimate of drug-likeness (QED) is 0.639. The number of hydrogen-bond donors (Lipinski definition) is 2. The average molecular weight is 431 g/mol. The van der Waals surface area contributed by atoms with Gasteiger partial charge in [-0.25, -0.2) is 8.42 Å². The topological polar surface area (TPSA) is 84.5 Å². The third kappa shape index (κ3) is 5.83. The molecule has 3 rings (SSSR count). The number of nitrogens with one attached hydrogen (secondary N) is 2. The lowest BCUT2D eigenvalue weighted by Crippen LogP contribution is -2.50. The van der Waals surface area contributed by atoms with Gasteiger partial charge in [0.25, 0.3) is 0 Å². The fraction of sp³-hybridized carbons (Fsp3) is 0.435. The lowest BCUT2D eigenvalue weighted by atomic mass is 10.1. The number of rotatable bonds is 9. The molecule has 1 amide bonds. The molecule has 2 aromatic carbocycles. The predicted octanol–water partition coefficient (Wildman–Crippen LogP) is 3.34. The molecule has 0 radical (unpaired) electrons. The van der Waals surface area contributed by atoms with Gasteiger partial charge in [-0.1, -0.05) is 43.2 Å². The van der Waals surface area contributed by atoms with Crippen LogP contribution in [0.2, 0.25) is 0 Å². The van der Waals surface area contributed by atoms with E-state index < -0.39 is 16.1 Å². The summed E-state index contributed by atoms with van der Waals surface area (Å²) in [6.07, 6.45) is 4.34. The summed E-state index contributed by atoms with van der Waals surface area (Å²) in [5.41, 5.74) is 1.63. The first-order valence-electron chi connectivity index (χ1n) is 10.5. The van der Waals surface area contributed by atoms with Crippen molar-refractivity contribution in [2.45, 2.75) is 62.9 Å². The van der Waals surface area contributed by atoms with Gasteiger partial charge in [-0.15, -0.1) is 0 Å². The largest absolute Gasteiger partial charge is 0.494 e. The van der Waals surface area contributed by atoms with Crippen molar-refractivity contribution in [3.8, 4) is 5.75 Å². The van der Waals surface area contributed by atoms with Gasteiger partial charge in [-0.2, -0.15) is 4.72 Å². The molecule has 0 heterocycles. The van der Waals surface area contributed by atoms with Crippen molar-refractivity contribution in [3.05, 3.63) is 59.7 Å². The normalized spacial score (nSPS) is 15.7. The van der Waals surface area contributed by atoms with Crippen molar-refractivity contribution in [1.82, 2.24) is 10.0 Å². The van der Waals surface area contributed by atoms with Gasteiger partial charge >= 0.3 is 0 Å². The zero-order valence-electron chi connectivity index (χ0n) is 17.6.